The topological polar surface area (TPSA) is 67.2 Å². The molecule has 0 radical (unpaired) electrons. The maximum Gasteiger partial charge on any atom is 0.323 e. The zero-order chi connectivity index (χ0) is 16.2. The minimum Gasteiger partial charge on any atom is -0.480 e. The first-order valence-corrected chi connectivity index (χ1v) is 7.82. The minimum absolute atomic E-state index is 0.129. The Bertz CT molecular complexity index is 499. The third-order valence-corrected chi connectivity index (χ3v) is 4.39. The van der Waals surface area contributed by atoms with Gasteiger partial charge < -0.3 is 5.11 Å². The number of carboxylic acid groups (broad SMARTS) is 1. The monoisotopic (exact) mass is 315 g/mol. The molecule has 1 atom stereocenters. The van der Waals surface area contributed by atoms with Crippen molar-refractivity contribution in [3.63, 3.8) is 0 Å². The molecule has 0 spiro atoms. The van der Waals surface area contributed by atoms with Crippen molar-refractivity contribution in [3.8, 4) is 0 Å². The van der Waals surface area contributed by atoms with Gasteiger partial charge in [0.1, 0.15) is 5.54 Å². The van der Waals surface area contributed by atoms with Crippen LogP contribution in [-0.2, 0) is 11.3 Å². The molecule has 5 nitrogen and oxygen atoms in total. The van der Waals surface area contributed by atoms with Gasteiger partial charge in [-0.2, -0.15) is 5.10 Å². The number of aryl methyl sites for hydroxylation is 2. The van der Waals surface area contributed by atoms with Gasteiger partial charge >= 0.3 is 5.97 Å². The predicted octanol–water partition coefficient (Wildman–Crippen LogP) is 3.16. The fraction of sp³-hybridized carbons (Fsp3) is 0.733. The van der Waals surface area contributed by atoms with E-state index in [2.05, 4.69) is 10.4 Å². The van der Waals surface area contributed by atoms with Crippen LogP contribution in [0, 0.1) is 13.8 Å². The zero-order valence-corrected chi connectivity index (χ0v) is 14.3. The number of nitrogens with zero attached hydrogens (tertiary/aromatic N) is 2. The molecule has 1 unspecified atom stereocenters. The third kappa shape index (κ3) is 4.20. The van der Waals surface area contributed by atoms with Crippen LogP contribution in [-0.4, -0.2) is 32.4 Å². The molecule has 1 heterocycles. The molecule has 1 rings (SSSR count). The van der Waals surface area contributed by atoms with Gasteiger partial charge in [-0.3, -0.25) is 14.8 Å². The number of aromatic nitrogens is 2. The summed E-state index contributed by atoms with van der Waals surface area (Å²) in [5, 5.41) is 17.8. The van der Waals surface area contributed by atoms with Gasteiger partial charge in [-0.05, 0) is 47.0 Å². The standard InChI is InChI=1S/C15H26ClN3O2/c1-6-15(14(20)21,17-10(2)3)8-7-9-19-12(5)13(16)11(4)18-19/h10,17H,6-9H2,1-5H3,(H,20,21). The maximum absolute atomic E-state index is 11.6. The van der Waals surface area contributed by atoms with Crippen molar-refractivity contribution in [1.82, 2.24) is 15.1 Å². The summed E-state index contributed by atoms with van der Waals surface area (Å²) in [7, 11) is 0. The van der Waals surface area contributed by atoms with Crippen molar-refractivity contribution >= 4 is 17.6 Å². The molecule has 21 heavy (non-hydrogen) atoms. The molecule has 2 N–H and O–H groups in total. The van der Waals surface area contributed by atoms with Crippen molar-refractivity contribution in [1.29, 1.82) is 0 Å². The Morgan fingerprint density at radius 1 is 1.48 bits per heavy atom. The Morgan fingerprint density at radius 3 is 2.48 bits per heavy atom. The Kier molecular flexibility index (Phi) is 6.23. The fourth-order valence-corrected chi connectivity index (χ4v) is 2.78. The SMILES string of the molecule is CCC(CCCn1nc(C)c(Cl)c1C)(NC(C)C)C(=O)O. The smallest absolute Gasteiger partial charge is 0.323 e. The van der Waals surface area contributed by atoms with E-state index in [1.807, 2.05) is 39.3 Å². The fourth-order valence-electron chi connectivity index (χ4n) is 2.65. The van der Waals surface area contributed by atoms with E-state index in [1.54, 1.807) is 0 Å². The summed E-state index contributed by atoms with van der Waals surface area (Å²) in [5.41, 5.74) is 0.881. The van der Waals surface area contributed by atoms with Gasteiger partial charge in [0.15, 0.2) is 0 Å². The maximum atomic E-state index is 11.6. The van der Waals surface area contributed by atoms with E-state index in [-0.39, 0.29) is 6.04 Å². The second kappa shape index (κ2) is 7.27. The molecule has 120 valence electrons. The summed E-state index contributed by atoms with van der Waals surface area (Å²) in [6.07, 6.45) is 1.85. The second-order valence-corrected chi connectivity index (χ2v) is 6.23. The van der Waals surface area contributed by atoms with Crippen LogP contribution in [0.4, 0.5) is 0 Å². The molecule has 0 amide bonds. The van der Waals surface area contributed by atoms with Crippen LogP contribution < -0.4 is 5.32 Å². The molecule has 0 saturated heterocycles. The number of rotatable bonds is 8. The minimum atomic E-state index is -0.867. The van der Waals surface area contributed by atoms with E-state index >= 15 is 0 Å². The van der Waals surface area contributed by atoms with E-state index in [4.69, 9.17) is 11.6 Å². The first-order valence-electron chi connectivity index (χ1n) is 7.44. The molecule has 0 saturated carbocycles. The van der Waals surface area contributed by atoms with Crippen molar-refractivity contribution < 1.29 is 9.90 Å². The summed E-state index contributed by atoms with van der Waals surface area (Å²) < 4.78 is 1.86. The highest BCUT2D eigenvalue weighted by Gasteiger charge is 2.36. The van der Waals surface area contributed by atoms with Crippen molar-refractivity contribution in [2.45, 2.75) is 72.0 Å². The van der Waals surface area contributed by atoms with E-state index in [0.717, 1.165) is 17.8 Å². The van der Waals surface area contributed by atoms with Crippen LogP contribution in [0.15, 0.2) is 0 Å². The number of carbonyl (C=O) groups is 1. The van der Waals surface area contributed by atoms with E-state index in [9.17, 15) is 9.90 Å². The van der Waals surface area contributed by atoms with Gasteiger partial charge in [0.25, 0.3) is 0 Å². The summed E-state index contributed by atoms with van der Waals surface area (Å²) in [6.45, 7) is 10.3. The van der Waals surface area contributed by atoms with Crippen LogP contribution in [0.1, 0.15) is 51.4 Å². The Hall–Kier alpha value is -1.07. The first-order chi connectivity index (χ1) is 9.73. The number of hydrogen-bond acceptors (Lipinski definition) is 3. The quantitative estimate of drug-likeness (QED) is 0.773. The molecule has 1 aromatic rings. The van der Waals surface area contributed by atoms with Crippen LogP contribution in [0.3, 0.4) is 0 Å². The molecule has 0 fully saturated rings. The number of halogens is 1. The van der Waals surface area contributed by atoms with Gasteiger partial charge in [0, 0.05) is 12.6 Å². The van der Waals surface area contributed by atoms with E-state index in [0.29, 0.717) is 24.4 Å². The van der Waals surface area contributed by atoms with E-state index in [1.165, 1.54) is 0 Å². The van der Waals surface area contributed by atoms with Crippen molar-refractivity contribution in [3.05, 3.63) is 16.4 Å². The lowest BCUT2D eigenvalue weighted by Crippen LogP contribution is -2.54. The van der Waals surface area contributed by atoms with Gasteiger partial charge in [0.05, 0.1) is 16.4 Å². The number of nitrogens with one attached hydrogen (secondary N) is 1. The summed E-state index contributed by atoms with van der Waals surface area (Å²) in [6, 6.07) is 0.129. The second-order valence-electron chi connectivity index (χ2n) is 5.85. The molecule has 1 aromatic heterocycles. The Balaban J connectivity index is 2.73. The van der Waals surface area contributed by atoms with Gasteiger partial charge in [-0.25, -0.2) is 0 Å². The lowest BCUT2D eigenvalue weighted by Gasteiger charge is -2.31. The highest BCUT2D eigenvalue weighted by atomic mass is 35.5. The molecule has 0 aliphatic heterocycles. The third-order valence-electron chi connectivity index (χ3n) is 3.84. The molecule has 0 aromatic carbocycles. The Morgan fingerprint density at radius 2 is 2.10 bits per heavy atom. The van der Waals surface area contributed by atoms with Gasteiger partial charge in [-0.1, -0.05) is 18.5 Å². The molecule has 0 bridgehead atoms. The highest BCUT2D eigenvalue weighted by Crippen LogP contribution is 2.22. The lowest BCUT2D eigenvalue weighted by atomic mass is 9.89. The lowest BCUT2D eigenvalue weighted by molar-refractivity contribution is -0.145. The summed E-state index contributed by atoms with van der Waals surface area (Å²) in [5.74, 6) is -0.787. The molecule has 0 aliphatic rings. The summed E-state index contributed by atoms with van der Waals surface area (Å²) in [4.78, 5) is 11.6. The van der Waals surface area contributed by atoms with Crippen LogP contribution in [0.25, 0.3) is 0 Å². The summed E-state index contributed by atoms with van der Waals surface area (Å²) >= 11 is 6.12. The molecule has 0 aliphatic carbocycles. The average molecular weight is 316 g/mol. The number of aliphatic carboxylic acids is 1. The molecule has 6 heteroatoms. The molecular formula is C15H26ClN3O2. The number of hydrogen-bond donors (Lipinski definition) is 2. The van der Waals surface area contributed by atoms with Crippen LogP contribution >= 0.6 is 11.6 Å². The largest absolute Gasteiger partial charge is 0.480 e. The molecular weight excluding hydrogens is 290 g/mol. The van der Waals surface area contributed by atoms with Crippen LogP contribution in [0.2, 0.25) is 5.02 Å². The van der Waals surface area contributed by atoms with E-state index < -0.39 is 11.5 Å². The zero-order valence-electron chi connectivity index (χ0n) is 13.5. The van der Waals surface area contributed by atoms with Crippen molar-refractivity contribution in [2.75, 3.05) is 0 Å². The van der Waals surface area contributed by atoms with Crippen LogP contribution in [0.5, 0.6) is 0 Å². The Labute approximate surface area is 131 Å². The normalized spacial score (nSPS) is 14.4. The average Bonchev–Trinajstić information content (AvgIpc) is 2.64. The number of carboxylic acids is 1. The first kappa shape index (κ1) is 18.0. The predicted molar refractivity (Wildman–Crippen MR) is 84.9 cm³/mol. The van der Waals surface area contributed by atoms with Crippen molar-refractivity contribution in [2.24, 2.45) is 0 Å². The van der Waals surface area contributed by atoms with Gasteiger partial charge in [-0.15, -0.1) is 0 Å². The highest BCUT2D eigenvalue weighted by molar-refractivity contribution is 6.31. The van der Waals surface area contributed by atoms with Gasteiger partial charge in [0.2, 0.25) is 0 Å².